The number of aliphatic hydroxyl groups excluding tert-OH is 1. The topological polar surface area (TPSA) is 91.7 Å². The van der Waals surface area contributed by atoms with Crippen molar-refractivity contribution in [3.8, 4) is 0 Å². The molecule has 0 aliphatic carbocycles. The van der Waals surface area contributed by atoms with E-state index >= 15 is 0 Å². The summed E-state index contributed by atoms with van der Waals surface area (Å²) in [5.74, 6) is -1.93. The first kappa shape index (κ1) is 14.2. The van der Waals surface area contributed by atoms with Gasteiger partial charge in [-0.2, -0.15) is 0 Å². The van der Waals surface area contributed by atoms with Gasteiger partial charge in [-0.1, -0.05) is 23.2 Å². The van der Waals surface area contributed by atoms with Gasteiger partial charge in [-0.05, 0) is 12.1 Å². The third kappa shape index (κ3) is 3.10. The molecule has 0 fully saturated rings. The van der Waals surface area contributed by atoms with Gasteiger partial charge in [0.2, 0.25) is 0 Å². The Labute approximate surface area is 108 Å². The van der Waals surface area contributed by atoms with Gasteiger partial charge in [-0.3, -0.25) is 0 Å². The second kappa shape index (κ2) is 5.22. The number of carbonyl (C=O) groups is 1. The van der Waals surface area contributed by atoms with E-state index in [2.05, 4.69) is 0 Å². The molecule has 17 heavy (non-hydrogen) atoms. The van der Waals surface area contributed by atoms with Crippen molar-refractivity contribution in [2.45, 2.75) is 4.90 Å². The van der Waals surface area contributed by atoms with Crippen LogP contribution in [-0.2, 0) is 9.84 Å². The van der Waals surface area contributed by atoms with E-state index in [1.807, 2.05) is 0 Å². The molecule has 0 aromatic heterocycles. The monoisotopic (exact) mass is 298 g/mol. The van der Waals surface area contributed by atoms with E-state index in [0.717, 1.165) is 12.1 Å². The highest BCUT2D eigenvalue weighted by atomic mass is 35.5. The second-order valence-electron chi connectivity index (χ2n) is 3.11. The van der Waals surface area contributed by atoms with Crippen LogP contribution in [0.5, 0.6) is 0 Å². The van der Waals surface area contributed by atoms with E-state index in [-0.39, 0.29) is 5.02 Å². The van der Waals surface area contributed by atoms with Crippen molar-refractivity contribution in [1.29, 1.82) is 0 Å². The SMILES string of the molecule is O=C(O)c1cc(Cl)cc(S(=O)(=O)CCO)c1Cl. The van der Waals surface area contributed by atoms with Crippen molar-refractivity contribution in [1.82, 2.24) is 0 Å². The summed E-state index contributed by atoms with van der Waals surface area (Å²) < 4.78 is 23.4. The number of sulfone groups is 1. The summed E-state index contributed by atoms with van der Waals surface area (Å²) in [5, 5.41) is 17.0. The lowest BCUT2D eigenvalue weighted by Crippen LogP contribution is -2.12. The molecule has 0 bridgehead atoms. The molecule has 0 spiro atoms. The van der Waals surface area contributed by atoms with Crippen LogP contribution in [0.25, 0.3) is 0 Å². The van der Waals surface area contributed by atoms with Crippen LogP contribution in [0.4, 0.5) is 0 Å². The Balaban J connectivity index is 3.50. The number of halogens is 2. The maximum absolute atomic E-state index is 11.7. The summed E-state index contributed by atoms with van der Waals surface area (Å²) >= 11 is 11.3. The number of rotatable bonds is 4. The van der Waals surface area contributed by atoms with Crippen molar-refractivity contribution in [2.24, 2.45) is 0 Å². The highest BCUT2D eigenvalue weighted by Crippen LogP contribution is 2.30. The van der Waals surface area contributed by atoms with Crippen LogP contribution in [0, 0.1) is 0 Å². The molecule has 5 nitrogen and oxygen atoms in total. The van der Waals surface area contributed by atoms with E-state index in [4.69, 9.17) is 33.4 Å². The number of aliphatic hydroxyl groups is 1. The van der Waals surface area contributed by atoms with Gasteiger partial charge >= 0.3 is 5.97 Å². The van der Waals surface area contributed by atoms with E-state index < -0.39 is 43.6 Å². The Morgan fingerprint density at radius 1 is 1.29 bits per heavy atom. The lowest BCUT2D eigenvalue weighted by atomic mass is 10.2. The summed E-state index contributed by atoms with van der Waals surface area (Å²) in [5.41, 5.74) is -0.393. The zero-order valence-electron chi connectivity index (χ0n) is 8.35. The molecule has 2 N–H and O–H groups in total. The predicted octanol–water partition coefficient (Wildman–Crippen LogP) is 1.46. The fourth-order valence-electron chi connectivity index (χ4n) is 1.18. The van der Waals surface area contributed by atoms with Crippen molar-refractivity contribution in [3.05, 3.63) is 27.7 Å². The first-order valence-electron chi connectivity index (χ1n) is 4.35. The van der Waals surface area contributed by atoms with Crippen LogP contribution in [-0.4, -0.2) is 37.0 Å². The molecule has 1 aromatic rings. The Morgan fingerprint density at radius 3 is 2.35 bits per heavy atom. The van der Waals surface area contributed by atoms with E-state index in [1.165, 1.54) is 0 Å². The van der Waals surface area contributed by atoms with Gasteiger partial charge in [-0.25, -0.2) is 13.2 Å². The lowest BCUT2D eigenvalue weighted by Gasteiger charge is -2.08. The van der Waals surface area contributed by atoms with Crippen LogP contribution in [0.15, 0.2) is 17.0 Å². The average molecular weight is 299 g/mol. The van der Waals surface area contributed by atoms with Crippen molar-refractivity contribution < 1.29 is 23.4 Å². The zero-order valence-corrected chi connectivity index (χ0v) is 10.7. The minimum Gasteiger partial charge on any atom is -0.478 e. The van der Waals surface area contributed by atoms with Gasteiger partial charge in [0.15, 0.2) is 9.84 Å². The summed E-state index contributed by atoms with van der Waals surface area (Å²) in [6.07, 6.45) is 0. The maximum atomic E-state index is 11.7. The number of aromatic carboxylic acids is 1. The summed E-state index contributed by atoms with van der Waals surface area (Å²) in [6.45, 7) is -0.590. The molecule has 0 heterocycles. The second-order valence-corrected chi connectivity index (χ2v) is 6.01. The quantitative estimate of drug-likeness (QED) is 0.878. The van der Waals surface area contributed by atoms with E-state index in [9.17, 15) is 13.2 Å². The van der Waals surface area contributed by atoms with Crippen molar-refractivity contribution >= 4 is 39.0 Å². The van der Waals surface area contributed by atoms with Gasteiger partial charge < -0.3 is 10.2 Å². The highest BCUT2D eigenvalue weighted by molar-refractivity contribution is 7.91. The summed E-state index contributed by atoms with van der Waals surface area (Å²) in [6, 6.07) is 2.12. The van der Waals surface area contributed by atoms with Gasteiger partial charge in [-0.15, -0.1) is 0 Å². The molecular formula is C9H8Cl2O5S. The van der Waals surface area contributed by atoms with Crippen LogP contribution < -0.4 is 0 Å². The van der Waals surface area contributed by atoms with Crippen LogP contribution in [0.1, 0.15) is 10.4 Å². The Hall–Kier alpha value is -0.820. The first-order valence-corrected chi connectivity index (χ1v) is 6.76. The molecule has 0 amide bonds. The number of carboxylic acids is 1. The molecule has 0 saturated carbocycles. The molecule has 8 heteroatoms. The molecule has 0 saturated heterocycles. The first-order chi connectivity index (χ1) is 7.79. The van der Waals surface area contributed by atoms with E-state index in [1.54, 1.807) is 0 Å². The van der Waals surface area contributed by atoms with Crippen molar-refractivity contribution in [2.75, 3.05) is 12.4 Å². The van der Waals surface area contributed by atoms with Crippen molar-refractivity contribution in [3.63, 3.8) is 0 Å². The molecule has 1 aromatic carbocycles. The fraction of sp³-hybridized carbons (Fsp3) is 0.222. The zero-order chi connectivity index (χ0) is 13.2. The smallest absolute Gasteiger partial charge is 0.337 e. The Kier molecular flexibility index (Phi) is 4.37. The molecular weight excluding hydrogens is 291 g/mol. The number of hydrogen-bond donors (Lipinski definition) is 2. The maximum Gasteiger partial charge on any atom is 0.337 e. The number of hydrogen-bond acceptors (Lipinski definition) is 4. The molecule has 0 aliphatic heterocycles. The molecule has 0 unspecified atom stereocenters. The van der Waals surface area contributed by atoms with Gasteiger partial charge in [0.25, 0.3) is 0 Å². The number of carboxylic acid groups (broad SMARTS) is 1. The highest BCUT2D eigenvalue weighted by Gasteiger charge is 2.23. The lowest BCUT2D eigenvalue weighted by molar-refractivity contribution is 0.0697. The summed E-state index contributed by atoms with van der Waals surface area (Å²) in [4.78, 5) is 10.4. The third-order valence-corrected chi connectivity index (χ3v) is 4.38. The largest absolute Gasteiger partial charge is 0.478 e. The Morgan fingerprint density at radius 2 is 1.88 bits per heavy atom. The third-order valence-electron chi connectivity index (χ3n) is 1.93. The van der Waals surface area contributed by atoms with Crippen LogP contribution in [0.3, 0.4) is 0 Å². The molecule has 0 atom stereocenters. The minimum absolute atomic E-state index is 0.0525. The molecule has 1 rings (SSSR count). The Bertz CT molecular complexity index is 553. The summed E-state index contributed by atoms with van der Waals surface area (Å²) in [7, 11) is -3.85. The predicted molar refractivity (Wildman–Crippen MR) is 62.6 cm³/mol. The van der Waals surface area contributed by atoms with E-state index in [0.29, 0.717) is 0 Å². The average Bonchev–Trinajstić information content (AvgIpc) is 2.20. The van der Waals surface area contributed by atoms with Gasteiger partial charge in [0.1, 0.15) is 0 Å². The van der Waals surface area contributed by atoms with Crippen LogP contribution in [0.2, 0.25) is 10.0 Å². The molecule has 0 radical (unpaired) electrons. The van der Waals surface area contributed by atoms with Crippen LogP contribution >= 0.6 is 23.2 Å². The fourth-order valence-corrected chi connectivity index (χ4v) is 3.15. The molecule has 94 valence electrons. The standard InChI is InChI=1S/C9H8Cl2O5S/c10-5-3-6(9(13)14)8(11)7(4-5)17(15,16)2-1-12/h3-4,12H,1-2H2,(H,13,14). The normalized spacial score (nSPS) is 11.5. The van der Waals surface area contributed by atoms with Gasteiger partial charge in [0.05, 0.1) is 27.8 Å². The van der Waals surface area contributed by atoms with Gasteiger partial charge in [0, 0.05) is 5.02 Å². The number of benzene rings is 1. The minimum atomic E-state index is -3.85. The molecule has 0 aliphatic rings.